The van der Waals surface area contributed by atoms with Crippen molar-refractivity contribution in [2.24, 2.45) is 0 Å². The van der Waals surface area contributed by atoms with E-state index in [1.165, 1.54) is 0 Å². The monoisotopic (exact) mass is 534 g/mol. The summed E-state index contributed by atoms with van der Waals surface area (Å²) in [6, 6.07) is 0. The number of phosphoric acid groups is 1. The second-order valence-electron chi connectivity index (χ2n) is 8.75. The topological polar surface area (TPSA) is 225 Å². The van der Waals surface area contributed by atoms with Gasteiger partial charge < -0.3 is 59.4 Å². The van der Waals surface area contributed by atoms with E-state index in [1.54, 1.807) is 0 Å². The smallest absolute Gasteiger partial charge is 0.394 e. The highest BCUT2D eigenvalue weighted by molar-refractivity contribution is 7.46. The van der Waals surface area contributed by atoms with Gasteiger partial charge in [0.25, 0.3) is 0 Å². The number of aliphatic hydroxyl groups excluding tert-OH is 6. The van der Waals surface area contributed by atoms with Gasteiger partial charge in [0.15, 0.2) is 12.6 Å². The van der Waals surface area contributed by atoms with Crippen LogP contribution in [-0.2, 0) is 28.0 Å². The van der Waals surface area contributed by atoms with Crippen molar-refractivity contribution in [1.82, 2.24) is 0 Å². The molecule has 2 aliphatic rings. The predicted octanol–water partition coefficient (Wildman–Crippen LogP) is -1.90. The lowest BCUT2D eigenvalue weighted by molar-refractivity contribution is -0.367. The van der Waals surface area contributed by atoms with Gasteiger partial charge in [-0.1, -0.05) is 39.0 Å². The Morgan fingerprint density at radius 2 is 1.37 bits per heavy atom. The molecule has 2 saturated heterocycles. The molecule has 0 radical (unpaired) electrons. The molecule has 15 heteroatoms. The molecule has 0 aromatic rings. The number of ether oxygens (including phenoxy) is 4. The third-order valence-electron chi connectivity index (χ3n) is 5.97. The van der Waals surface area contributed by atoms with Crippen LogP contribution in [0.5, 0.6) is 0 Å². The quantitative estimate of drug-likeness (QED) is 0.0901. The van der Waals surface area contributed by atoms with Gasteiger partial charge >= 0.3 is 7.82 Å². The molecule has 0 aliphatic carbocycles. The minimum Gasteiger partial charge on any atom is -0.394 e. The van der Waals surface area contributed by atoms with Crippen LogP contribution in [0.2, 0.25) is 0 Å². The molecule has 2 heterocycles. The molecule has 10 atom stereocenters. The van der Waals surface area contributed by atoms with Crippen molar-refractivity contribution in [1.29, 1.82) is 0 Å². The Morgan fingerprint density at radius 3 is 2.00 bits per heavy atom. The molecule has 208 valence electrons. The van der Waals surface area contributed by atoms with Crippen LogP contribution in [-0.4, -0.2) is 122 Å². The number of unbranched alkanes of at least 4 members (excludes halogenated alkanes) is 5. The third-order valence-corrected chi connectivity index (χ3v) is 6.46. The van der Waals surface area contributed by atoms with Gasteiger partial charge in [-0.3, -0.25) is 4.52 Å². The maximum atomic E-state index is 11.0. The Bertz CT molecular complexity index is 649. The van der Waals surface area contributed by atoms with E-state index in [0.29, 0.717) is 6.42 Å². The number of rotatable bonds is 14. The summed E-state index contributed by atoms with van der Waals surface area (Å²) in [5.41, 5.74) is 0. The average Bonchev–Trinajstić information content (AvgIpc) is 2.81. The van der Waals surface area contributed by atoms with E-state index in [0.717, 1.165) is 32.1 Å². The maximum absolute atomic E-state index is 11.0. The van der Waals surface area contributed by atoms with E-state index in [9.17, 15) is 35.2 Å². The van der Waals surface area contributed by atoms with Crippen molar-refractivity contribution in [3.05, 3.63) is 0 Å². The molecule has 35 heavy (non-hydrogen) atoms. The lowest BCUT2D eigenvalue weighted by Crippen LogP contribution is -2.64. The molecule has 0 aromatic heterocycles. The van der Waals surface area contributed by atoms with Crippen molar-refractivity contribution < 1.29 is 68.5 Å². The molecule has 0 amide bonds. The van der Waals surface area contributed by atoms with Crippen LogP contribution in [0, 0.1) is 0 Å². The highest BCUT2D eigenvalue weighted by Crippen LogP contribution is 2.37. The molecule has 14 nitrogen and oxygen atoms in total. The predicted molar refractivity (Wildman–Crippen MR) is 117 cm³/mol. The van der Waals surface area contributed by atoms with Crippen LogP contribution >= 0.6 is 7.82 Å². The van der Waals surface area contributed by atoms with Gasteiger partial charge in [-0.2, -0.15) is 0 Å². The molecule has 0 bridgehead atoms. The third kappa shape index (κ3) is 9.20. The van der Waals surface area contributed by atoms with E-state index in [2.05, 4.69) is 11.4 Å². The molecule has 8 N–H and O–H groups in total. The van der Waals surface area contributed by atoms with E-state index in [1.807, 2.05) is 0 Å². The van der Waals surface area contributed by atoms with Gasteiger partial charge in [0.2, 0.25) is 0 Å². The highest BCUT2D eigenvalue weighted by atomic mass is 31.2. The van der Waals surface area contributed by atoms with Gasteiger partial charge in [0.05, 0.1) is 13.2 Å². The van der Waals surface area contributed by atoms with Crippen LogP contribution in [0.3, 0.4) is 0 Å². The van der Waals surface area contributed by atoms with Gasteiger partial charge in [0.1, 0.15) is 48.8 Å². The van der Waals surface area contributed by atoms with Gasteiger partial charge in [0, 0.05) is 6.61 Å². The minimum absolute atomic E-state index is 0.214. The normalized spacial score (nSPS) is 38.5. The van der Waals surface area contributed by atoms with Crippen LogP contribution in [0.15, 0.2) is 0 Å². The zero-order valence-electron chi connectivity index (χ0n) is 19.6. The van der Waals surface area contributed by atoms with Crippen LogP contribution in [0.1, 0.15) is 45.4 Å². The second-order valence-corrected chi connectivity index (χ2v) is 9.99. The summed E-state index contributed by atoms with van der Waals surface area (Å²) in [6.07, 6.45) is -9.90. The SMILES string of the molecule is CCCCCCCCO[C@H]1O[C@H](CO)[C@@H](O)[C@H](O)[C@@H]1O[C@H]1O[C@H](COP(=O)(O)O)[C@@H](O)[C@H](O)[C@@H]1O. The highest BCUT2D eigenvalue weighted by Gasteiger charge is 2.51. The van der Waals surface area contributed by atoms with Gasteiger partial charge in [-0.15, -0.1) is 0 Å². The zero-order chi connectivity index (χ0) is 26.2. The molecular formula is C20H39O14P. The fraction of sp³-hybridized carbons (Fsp3) is 1.00. The standard InChI is InChI=1S/C20H39O14P/c1-2-3-4-5-6-7-8-30-20-18(16(25)13(22)11(9-21)32-20)34-19-17(26)15(24)14(23)12(33-19)10-31-35(27,28)29/h11-26H,2-10H2,1H3,(H2,27,28,29)/t11-,12-,13-,14-,15+,16+,17+,18+,19-,20+/m1/s1. The van der Waals surface area contributed by atoms with Crippen LogP contribution in [0.4, 0.5) is 0 Å². The summed E-state index contributed by atoms with van der Waals surface area (Å²) in [4.78, 5) is 17.8. The summed E-state index contributed by atoms with van der Waals surface area (Å²) < 4.78 is 37.5. The fourth-order valence-electron chi connectivity index (χ4n) is 3.91. The summed E-state index contributed by atoms with van der Waals surface area (Å²) in [6.45, 7) is 0.870. The molecule has 0 spiro atoms. The second kappa shape index (κ2) is 14.6. The summed E-state index contributed by atoms with van der Waals surface area (Å²) in [5.74, 6) is 0. The Balaban J connectivity index is 2.05. The van der Waals surface area contributed by atoms with E-state index >= 15 is 0 Å². The number of hydrogen-bond acceptors (Lipinski definition) is 12. The van der Waals surface area contributed by atoms with Crippen molar-refractivity contribution >= 4 is 7.82 Å². The summed E-state index contributed by atoms with van der Waals surface area (Å²) in [7, 11) is -4.92. The maximum Gasteiger partial charge on any atom is 0.469 e. The van der Waals surface area contributed by atoms with Crippen LogP contribution < -0.4 is 0 Å². The lowest BCUT2D eigenvalue weighted by Gasteiger charge is -2.46. The fourth-order valence-corrected chi connectivity index (χ4v) is 4.25. The number of phosphoric ester groups is 1. The molecule has 0 aromatic carbocycles. The first-order valence-corrected chi connectivity index (χ1v) is 13.3. The first-order chi connectivity index (χ1) is 16.5. The first kappa shape index (κ1) is 30.9. The molecular weight excluding hydrogens is 495 g/mol. The summed E-state index contributed by atoms with van der Waals surface area (Å²) in [5, 5.41) is 60.9. The minimum atomic E-state index is -4.92. The summed E-state index contributed by atoms with van der Waals surface area (Å²) >= 11 is 0. The zero-order valence-corrected chi connectivity index (χ0v) is 20.5. The first-order valence-electron chi connectivity index (χ1n) is 11.8. The lowest BCUT2D eigenvalue weighted by atomic mass is 9.97. The van der Waals surface area contributed by atoms with E-state index < -0.39 is 82.4 Å². The van der Waals surface area contributed by atoms with Gasteiger partial charge in [-0.05, 0) is 6.42 Å². The van der Waals surface area contributed by atoms with Crippen molar-refractivity contribution in [3.63, 3.8) is 0 Å². The van der Waals surface area contributed by atoms with Crippen LogP contribution in [0.25, 0.3) is 0 Å². The van der Waals surface area contributed by atoms with Gasteiger partial charge in [-0.25, -0.2) is 4.57 Å². The average molecular weight is 534 g/mol. The molecule has 2 aliphatic heterocycles. The Morgan fingerprint density at radius 1 is 0.771 bits per heavy atom. The largest absolute Gasteiger partial charge is 0.469 e. The Hall–Kier alpha value is -0.290. The van der Waals surface area contributed by atoms with E-state index in [-0.39, 0.29) is 6.61 Å². The molecule has 0 saturated carbocycles. The Labute approximate surface area is 203 Å². The van der Waals surface area contributed by atoms with E-state index in [4.69, 9.17) is 28.7 Å². The molecule has 2 rings (SSSR count). The van der Waals surface area contributed by atoms with Crippen molar-refractivity contribution in [2.75, 3.05) is 19.8 Å². The number of hydrogen-bond donors (Lipinski definition) is 8. The molecule has 2 fully saturated rings. The van der Waals surface area contributed by atoms with Crippen molar-refractivity contribution in [2.45, 2.75) is 107 Å². The molecule has 0 unspecified atom stereocenters. The Kier molecular flexibility index (Phi) is 12.9. The van der Waals surface area contributed by atoms with Crippen molar-refractivity contribution in [3.8, 4) is 0 Å². The number of aliphatic hydroxyl groups is 6.